The van der Waals surface area contributed by atoms with E-state index in [-0.39, 0.29) is 17.8 Å². The third-order valence-electron chi connectivity index (χ3n) is 5.56. The van der Waals surface area contributed by atoms with Crippen LogP contribution in [0.3, 0.4) is 0 Å². The maximum absolute atomic E-state index is 13.0. The smallest absolute Gasteiger partial charge is 0.322 e. The number of fused-ring (bicyclic) bond motifs is 2. The normalized spacial score (nSPS) is 11.2. The van der Waals surface area contributed by atoms with Crippen LogP contribution in [0, 0.1) is 0 Å². The first-order chi connectivity index (χ1) is 16.3. The van der Waals surface area contributed by atoms with Crippen molar-refractivity contribution in [3.05, 3.63) is 103 Å². The lowest BCUT2D eigenvalue weighted by Gasteiger charge is -2.13. The Morgan fingerprint density at radius 3 is 2.24 bits per heavy atom. The molecule has 0 unspecified atom stereocenters. The molecule has 2 heterocycles. The fourth-order valence-corrected chi connectivity index (χ4v) is 4.08. The number of hydrogen-bond donors (Lipinski definition) is 1. The average Bonchev–Trinajstić information content (AvgIpc) is 3.55. The van der Waals surface area contributed by atoms with Gasteiger partial charge in [0.15, 0.2) is 5.76 Å². The molecule has 0 atom stereocenters. The molecule has 6 nitrogen and oxygen atoms in total. The number of benzene rings is 4. The summed E-state index contributed by atoms with van der Waals surface area (Å²) in [7, 11) is 0. The van der Waals surface area contributed by atoms with E-state index < -0.39 is 0 Å². The quantitative estimate of drug-likeness (QED) is 0.320. The van der Waals surface area contributed by atoms with Gasteiger partial charge in [-0.15, -0.1) is 5.10 Å². The number of amides is 1. The second-order valence-electron chi connectivity index (χ2n) is 7.62. The molecule has 2 aromatic heterocycles. The summed E-state index contributed by atoms with van der Waals surface area (Å²) in [6.45, 7) is 0. The average molecular weight is 431 g/mol. The van der Waals surface area contributed by atoms with E-state index in [1.807, 2.05) is 42.5 Å². The third kappa shape index (κ3) is 3.43. The lowest BCUT2D eigenvalue weighted by atomic mass is 9.91. The van der Waals surface area contributed by atoms with Crippen molar-refractivity contribution in [2.75, 3.05) is 5.32 Å². The van der Waals surface area contributed by atoms with Gasteiger partial charge < -0.3 is 8.83 Å². The third-order valence-corrected chi connectivity index (χ3v) is 5.56. The Balaban J connectivity index is 1.39. The van der Waals surface area contributed by atoms with E-state index in [0.717, 1.165) is 32.7 Å². The molecule has 0 aliphatic rings. The molecule has 6 aromatic rings. The van der Waals surface area contributed by atoms with Crippen molar-refractivity contribution in [1.29, 1.82) is 0 Å². The number of hydrogen-bond acceptors (Lipinski definition) is 5. The highest BCUT2D eigenvalue weighted by Gasteiger charge is 2.16. The highest BCUT2D eigenvalue weighted by molar-refractivity contribution is 6.13. The van der Waals surface area contributed by atoms with E-state index in [1.165, 1.54) is 6.26 Å². The van der Waals surface area contributed by atoms with E-state index >= 15 is 0 Å². The topological polar surface area (TPSA) is 81.2 Å². The number of furan rings is 1. The first-order valence-electron chi connectivity index (χ1n) is 10.5. The van der Waals surface area contributed by atoms with Gasteiger partial charge in [0.05, 0.1) is 6.26 Å². The van der Waals surface area contributed by atoms with Gasteiger partial charge >= 0.3 is 6.01 Å². The Kier molecular flexibility index (Phi) is 4.47. The highest BCUT2D eigenvalue weighted by Crippen LogP contribution is 2.36. The summed E-state index contributed by atoms with van der Waals surface area (Å²) in [5, 5.41) is 15.0. The first kappa shape index (κ1) is 19.0. The van der Waals surface area contributed by atoms with Gasteiger partial charge in [0.2, 0.25) is 0 Å². The van der Waals surface area contributed by atoms with Crippen LogP contribution in [0.4, 0.5) is 6.01 Å². The van der Waals surface area contributed by atoms with E-state index in [4.69, 9.17) is 8.83 Å². The van der Waals surface area contributed by atoms with Crippen LogP contribution in [0.15, 0.2) is 106 Å². The molecule has 0 radical (unpaired) electrons. The molecule has 6 rings (SSSR count). The molecule has 158 valence electrons. The van der Waals surface area contributed by atoms with Crippen LogP contribution >= 0.6 is 0 Å². The number of nitrogens with zero attached hydrogens (tertiary/aromatic N) is 2. The van der Waals surface area contributed by atoms with E-state index in [9.17, 15) is 4.79 Å². The van der Waals surface area contributed by atoms with Gasteiger partial charge in [-0.2, -0.15) is 0 Å². The Bertz CT molecular complexity index is 1560. The zero-order valence-corrected chi connectivity index (χ0v) is 17.4. The molecule has 0 bridgehead atoms. The first-order valence-corrected chi connectivity index (χ1v) is 10.5. The van der Waals surface area contributed by atoms with E-state index in [2.05, 4.69) is 45.8 Å². The Morgan fingerprint density at radius 2 is 1.52 bits per heavy atom. The lowest BCUT2D eigenvalue weighted by molar-refractivity contribution is 0.102. The minimum atomic E-state index is -0.337. The molecule has 0 spiro atoms. The molecular weight excluding hydrogens is 414 g/mol. The lowest BCUT2D eigenvalue weighted by Crippen LogP contribution is -2.12. The van der Waals surface area contributed by atoms with Gasteiger partial charge in [0.25, 0.3) is 11.8 Å². The van der Waals surface area contributed by atoms with Crippen LogP contribution < -0.4 is 5.32 Å². The summed E-state index contributed by atoms with van der Waals surface area (Å²) in [5.41, 5.74) is 2.54. The van der Waals surface area contributed by atoms with Crippen LogP contribution in [0.1, 0.15) is 10.4 Å². The van der Waals surface area contributed by atoms with Crippen LogP contribution in [0.2, 0.25) is 0 Å². The fraction of sp³-hybridized carbons (Fsp3) is 0. The largest absolute Gasteiger partial charge is 0.459 e. The van der Waals surface area contributed by atoms with Crippen molar-refractivity contribution < 1.29 is 13.6 Å². The van der Waals surface area contributed by atoms with Crippen LogP contribution in [0.25, 0.3) is 44.3 Å². The van der Waals surface area contributed by atoms with Gasteiger partial charge in [0, 0.05) is 5.56 Å². The summed E-state index contributed by atoms with van der Waals surface area (Å²) in [5.74, 6) is 0.301. The van der Waals surface area contributed by atoms with Crippen LogP contribution in [0.5, 0.6) is 0 Å². The molecule has 33 heavy (non-hydrogen) atoms. The second-order valence-corrected chi connectivity index (χ2v) is 7.62. The maximum Gasteiger partial charge on any atom is 0.322 e. The molecular formula is C27H17N3O3. The molecule has 0 aliphatic heterocycles. The molecule has 1 N–H and O–H groups in total. The molecule has 1 amide bonds. The molecule has 0 aliphatic carbocycles. The van der Waals surface area contributed by atoms with Gasteiger partial charge in [-0.05, 0) is 63.0 Å². The van der Waals surface area contributed by atoms with Crippen molar-refractivity contribution >= 4 is 33.5 Å². The minimum absolute atomic E-state index is 0.00686. The number of nitrogens with one attached hydrogen (secondary N) is 1. The van der Waals surface area contributed by atoms with Gasteiger partial charge in [-0.25, -0.2) is 0 Å². The molecule has 0 saturated heterocycles. The molecule has 6 heteroatoms. The Hall–Kier alpha value is -4.71. The highest BCUT2D eigenvalue weighted by atomic mass is 16.4. The van der Waals surface area contributed by atoms with Gasteiger partial charge in [-0.3, -0.25) is 10.1 Å². The van der Waals surface area contributed by atoms with Crippen LogP contribution in [-0.2, 0) is 0 Å². The number of carbonyl (C=O) groups is 1. The van der Waals surface area contributed by atoms with Gasteiger partial charge in [0.1, 0.15) is 0 Å². The SMILES string of the molecule is O=C(Nc1nnc(-c2ccco2)o1)c1cccc(-c2c3ccccc3cc3ccccc23)c1. The number of aromatic nitrogens is 2. The summed E-state index contributed by atoms with van der Waals surface area (Å²) in [4.78, 5) is 13.0. The predicted molar refractivity (Wildman–Crippen MR) is 127 cm³/mol. The van der Waals surface area contributed by atoms with Crippen molar-refractivity contribution in [1.82, 2.24) is 10.2 Å². The second kappa shape index (κ2) is 7.76. The molecule has 0 fully saturated rings. The Morgan fingerprint density at radius 1 is 0.758 bits per heavy atom. The standard InChI is InChI=1S/C27H17N3O3/c31-25(28-27-30-29-26(33-27)23-13-6-14-32-23)20-10-5-9-19(16-20)24-21-11-3-1-7-17(21)15-18-8-2-4-12-22(18)24/h1-16H,(H,28,30,31). The minimum Gasteiger partial charge on any atom is -0.459 e. The molecule has 0 saturated carbocycles. The summed E-state index contributed by atoms with van der Waals surface area (Å²) in [6, 6.07) is 29.7. The summed E-state index contributed by atoms with van der Waals surface area (Å²) >= 11 is 0. The monoisotopic (exact) mass is 431 g/mol. The Labute approximate surface area is 188 Å². The molecule has 4 aromatic carbocycles. The number of anilines is 1. The van der Waals surface area contributed by atoms with E-state index in [0.29, 0.717) is 11.3 Å². The summed E-state index contributed by atoms with van der Waals surface area (Å²) in [6.07, 6.45) is 1.51. The van der Waals surface area contributed by atoms with Gasteiger partial charge in [-0.1, -0.05) is 65.8 Å². The summed E-state index contributed by atoms with van der Waals surface area (Å²) < 4.78 is 10.8. The maximum atomic E-state index is 13.0. The fourth-order valence-electron chi connectivity index (χ4n) is 4.08. The van der Waals surface area contributed by atoms with Crippen LogP contribution in [-0.4, -0.2) is 16.1 Å². The zero-order chi connectivity index (χ0) is 22.2. The predicted octanol–water partition coefficient (Wildman–Crippen LogP) is 6.56. The van der Waals surface area contributed by atoms with Crippen molar-refractivity contribution in [3.8, 4) is 22.8 Å². The van der Waals surface area contributed by atoms with E-state index in [1.54, 1.807) is 18.2 Å². The zero-order valence-electron chi connectivity index (χ0n) is 17.4. The van der Waals surface area contributed by atoms with Crippen molar-refractivity contribution in [3.63, 3.8) is 0 Å². The number of carbonyl (C=O) groups excluding carboxylic acids is 1. The number of rotatable bonds is 4. The van der Waals surface area contributed by atoms with Crippen molar-refractivity contribution in [2.45, 2.75) is 0 Å². The van der Waals surface area contributed by atoms with Crippen molar-refractivity contribution in [2.24, 2.45) is 0 Å².